The number of carboxylic acid groups (broad SMARTS) is 1. The van der Waals surface area contributed by atoms with E-state index >= 15 is 0 Å². The Kier molecular flexibility index (Phi) is 4.17. The van der Waals surface area contributed by atoms with E-state index in [1.165, 1.54) is 0 Å². The van der Waals surface area contributed by atoms with Crippen LogP contribution < -0.4 is 10.1 Å². The largest absolute Gasteiger partial charge is 0.497 e. The number of carboxylic acids is 1. The van der Waals surface area contributed by atoms with Gasteiger partial charge in [0.05, 0.1) is 19.8 Å². The highest BCUT2D eigenvalue weighted by atomic mass is 16.5. The number of nitrogens with one attached hydrogen (secondary N) is 1. The molecule has 1 aromatic carbocycles. The molecule has 1 aromatic rings. The second kappa shape index (κ2) is 5.84. The number of methoxy groups -OCH3 is 1. The van der Waals surface area contributed by atoms with Gasteiger partial charge in [0.15, 0.2) is 0 Å². The van der Waals surface area contributed by atoms with E-state index in [2.05, 4.69) is 5.32 Å². The number of hydrogen-bond donors (Lipinski definition) is 2. The van der Waals surface area contributed by atoms with E-state index in [1.807, 2.05) is 24.3 Å². The maximum absolute atomic E-state index is 10.8. The molecule has 0 spiro atoms. The fourth-order valence-corrected chi connectivity index (χ4v) is 1.99. The van der Waals surface area contributed by atoms with Gasteiger partial charge in [0.1, 0.15) is 11.8 Å². The second-order valence-electron chi connectivity index (χ2n) is 4.32. The zero-order valence-electron chi connectivity index (χ0n) is 10.3. The van der Waals surface area contributed by atoms with Gasteiger partial charge >= 0.3 is 5.97 Å². The summed E-state index contributed by atoms with van der Waals surface area (Å²) in [6, 6.07) is 7.17. The summed E-state index contributed by atoms with van der Waals surface area (Å²) in [5.74, 6) is -0.0217. The molecule has 0 aliphatic carbocycles. The molecular weight excluding hydrogens is 234 g/mol. The van der Waals surface area contributed by atoms with Gasteiger partial charge in [-0.25, -0.2) is 0 Å². The van der Waals surface area contributed by atoms with Crippen LogP contribution in [-0.4, -0.2) is 36.9 Å². The van der Waals surface area contributed by atoms with Crippen LogP contribution in [0.15, 0.2) is 24.3 Å². The van der Waals surface area contributed by atoms with Crippen molar-refractivity contribution in [1.82, 2.24) is 5.32 Å². The highest BCUT2D eigenvalue weighted by molar-refractivity contribution is 5.73. The minimum atomic E-state index is -0.817. The Balaban J connectivity index is 1.83. The molecular formula is C13H17NO4. The molecule has 2 rings (SSSR count). The molecule has 18 heavy (non-hydrogen) atoms. The lowest BCUT2D eigenvalue weighted by atomic mass is 10.2. The van der Waals surface area contributed by atoms with Gasteiger partial charge in [0.2, 0.25) is 0 Å². The topological polar surface area (TPSA) is 67.8 Å². The monoisotopic (exact) mass is 251 g/mol. The Labute approximate surface area is 106 Å². The SMILES string of the molecule is COc1cccc(CO[C@H]2CN[C@H](C(=O)O)C2)c1. The van der Waals surface area contributed by atoms with Crippen molar-refractivity contribution < 1.29 is 19.4 Å². The van der Waals surface area contributed by atoms with Crippen LogP contribution in [-0.2, 0) is 16.1 Å². The maximum atomic E-state index is 10.8. The average molecular weight is 251 g/mol. The van der Waals surface area contributed by atoms with E-state index in [9.17, 15) is 4.79 Å². The Morgan fingerprint density at radius 3 is 3.06 bits per heavy atom. The number of aliphatic carboxylic acids is 1. The summed E-state index contributed by atoms with van der Waals surface area (Å²) in [6.45, 7) is 1.05. The number of hydrogen-bond acceptors (Lipinski definition) is 4. The van der Waals surface area contributed by atoms with Crippen molar-refractivity contribution in [3.8, 4) is 5.75 Å². The van der Waals surface area contributed by atoms with Gasteiger partial charge < -0.3 is 19.9 Å². The standard InChI is InChI=1S/C13H17NO4/c1-17-10-4-2-3-9(5-10)8-18-11-6-12(13(15)16)14-7-11/h2-5,11-12,14H,6-8H2,1H3,(H,15,16)/t11-,12+/m1/s1. The van der Waals surface area contributed by atoms with Crippen LogP contribution in [0.4, 0.5) is 0 Å². The molecule has 5 nitrogen and oxygen atoms in total. The lowest BCUT2D eigenvalue weighted by molar-refractivity contribution is -0.139. The fraction of sp³-hybridized carbons (Fsp3) is 0.462. The zero-order chi connectivity index (χ0) is 13.0. The van der Waals surface area contributed by atoms with Crippen LogP contribution in [0, 0.1) is 0 Å². The molecule has 5 heteroatoms. The predicted octanol–water partition coefficient (Wildman–Crippen LogP) is 1.03. The van der Waals surface area contributed by atoms with Crippen molar-refractivity contribution in [3.63, 3.8) is 0 Å². The summed E-state index contributed by atoms with van der Waals surface area (Å²) in [5.41, 5.74) is 1.02. The third-order valence-corrected chi connectivity index (χ3v) is 3.01. The number of carbonyl (C=O) groups is 1. The van der Waals surface area contributed by atoms with E-state index in [-0.39, 0.29) is 6.10 Å². The summed E-state index contributed by atoms with van der Waals surface area (Å²) in [6.07, 6.45) is 0.469. The first-order chi connectivity index (χ1) is 8.69. The third kappa shape index (κ3) is 3.21. The molecule has 0 saturated carbocycles. The lowest BCUT2D eigenvalue weighted by Gasteiger charge is -2.11. The minimum absolute atomic E-state index is 0.0442. The normalized spacial score (nSPS) is 22.9. The number of benzene rings is 1. The van der Waals surface area contributed by atoms with Crippen molar-refractivity contribution in [3.05, 3.63) is 29.8 Å². The molecule has 2 atom stereocenters. The number of ether oxygens (including phenoxy) is 2. The summed E-state index contributed by atoms with van der Waals surface area (Å²) in [4.78, 5) is 10.8. The first-order valence-electron chi connectivity index (χ1n) is 5.90. The van der Waals surface area contributed by atoms with Gasteiger partial charge in [-0.2, -0.15) is 0 Å². The van der Waals surface area contributed by atoms with Crippen molar-refractivity contribution in [2.75, 3.05) is 13.7 Å². The highest BCUT2D eigenvalue weighted by Crippen LogP contribution is 2.16. The van der Waals surface area contributed by atoms with E-state index in [4.69, 9.17) is 14.6 Å². The fourth-order valence-electron chi connectivity index (χ4n) is 1.99. The summed E-state index contributed by atoms with van der Waals surface area (Å²) in [7, 11) is 1.62. The first-order valence-corrected chi connectivity index (χ1v) is 5.90. The summed E-state index contributed by atoms with van der Waals surface area (Å²) < 4.78 is 10.8. The quantitative estimate of drug-likeness (QED) is 0.818. The van der Waals surface area contributed by atoms with Gasteiger partial charge in [0.25, 0.3) is 0 Å². The van der Waals surface area contributed by atoms with Crippen LogP contribution in [0.2, 0.25) is 0 Å². The Bertz CT molecular complexity index is 421. The van der Waals surface area contributed by atoms with Crippen molar-refractivity contribution in [2.24, 2.45) is 0 Å². The van der Waals surface area contributed by atoms with Crippen LogP contribution in [0.25, 0.3) is 0 Å². The highest BCUT2D eigenvalue weighted by Gasteiger charge is 2.29. The Morgan fingerprint density at radius 2 is 2.39 bits per heavy atom. The third-order valence-electron chi connectivity index (χ3n) is 3.01. The van der Waals surface area contributed by atoms with Gasteiger partial charge in [-0.15, -0.1) is 0 Å². The molecule has 1 aliphatic rings. The summed E-state index contributed by atoms with van der Waals surface area (Å²) in [5, 5.41) is 11.8. The van der Waals surface area contributed by atoms with E-state index in [0.717, 1.165) is 11.3 Å². The Morgan fingerprint density at radius 1 is 1.56 bits per heavy atom. The van der Waals surface area contributed by atoms with Crippen molar-refractivity contribution >= 4 is 5.97 Å². The van der Waals surface area contributed by atoms with Crippen LogP contribution in [0.3, 0.4) is 0 Å². The summed E-state index contributed by atoms with van der Waals surface area (Å²) >= 11 is 0. The van der Waals surface area contributed by atoms with E-state index in [1.54, 1.807) is 7.11 Å². The maximum Gasteiger partial charge on any atom is 0.320 e. The van der Waals surface area contributed by atoms with Crippen LogP contribution in [0.5, 0.6) is 5.75 Å². The molecule has 0 radical (unpaired) electrons. The molecule has 1 fully saturated rings. The first kappa shape index (κ1) is 12.9. The van der Waals surface area contributed by atoms with Gasteiger partial charge in [-0.05, 0) is 17.7 Å². The van der Waals surface area contributed by atoms with E-state index < -0.39 is 12.0 Å². The number of rotatable bonds is 5. The molecule has 1 aliphatic heterocycles. The molecule has 0 amide bonds. The molecule has 98 valence electrons. The van der Waals surface area contributed by atoms with Gasteiger partial charge in [0, 0.05) is 13.0 Å². The van der Waals surface area contributed by atoms with Crippen LogP contribution >= 0.6 is 0 Å². The Hall–Kier alpha value is -1.59. The average Bonchev–Trinajstić information content (AvgIpc) is 2.85. The smallest absolute Gasteiger partial charge is 0.320 e. The molecule has 0 bridgehead atoms. The molecule has 1 saturated heterocycles. The zero-order valence-corrected chi connectivity index (χ0v) is 10.3. The lowest BCUT2D eigenvalue weighted by Crippen LogP contribution is -2.29. The van der Waals surface area contributed by atoms with Gasteiger partial charge in [-0.1, -0.05) is 12.1 Å². The molecule has 0 aromatic heterocycles. The van der Waals surface area contributed by atoms with E-state index in [0.29, 0.717) is 19.6 Å². The minimum Gasteiger partial charge on any atom is -0.497 e. The van der Waals surface area contributed by atoms with Crippen LogP contribution in [0.1, 0.15) is 12.0 Å². The van der Waals surface area contributed by atoms with Crippen molar-refractivity contribution in [2.45, 2.75) is 25.2 Å². The molecule has 0 unspecified atom stereocenters. The predicted molar refractivity (Wildman–Crippen MR) is 65.6 cm³/mol. The van der Waals surface area contributed by atoms with Gasteiger partial charge in [-0.3, -0.25) is 4.79 Å². The molecule has 1 heterocycles. The van der Waals surface area contributed by atoms with Crippen molar-refractivity contribution in [1.29, 1.82) is 0 Å². The molecule has 2 N–H and O–H groups in total. The second-order valence-corrected chi connectivity index (χ2v) is 4.32.